The van der Waals surface area contributed by atoms with Crippen molar-refractivity contribution in [2.45, 2.75) is 51.0 Å². The molecule has 1 aliphatic rings. The van der Waals surface area contributed by atoms with Gasteiger partial charge in [-0.15, -0.1) is 0 Å². The quantitative estimate of drug-likeness (QED) is 0.841. The van der Waals surface area contributed by atoms with E-state index in [-0.39, 0.29) is 12.1 Å². The molecule has 1 fully saturated rings. The molecule has 17 heavy (non-hydrogen) atoms. The molecule has 2 N–H and O–H groups in total. The average Bonchev–Trinajstić information content (AvgIpc) is 2.78. The maximum atomic E-state index is 9.55. The van der Waals surface area contributed by atoms with Crippen molar-refractivity contribution in [3.8, 4) is 0 Å². The maximum Gasteiger partial charge on any atom is 0.130 e. The van der Waals surface area contributed by atoms with E-state index in [1.165, 1.54) is 12.8 Å². The van der Waals surface area contributed by atoms with Crippen molar-refractivity contribution in [2.24, 2.45) is 0 Å². The van der Waals surface area contributed by atoms with Crippen LogP contribution in [0.4, 0.5) is 5.82 Å². The van der Waals surface area contributed by atoms with Gasteiger partial charge in [0.15, 0.2) is 0 Å². The van der Waals surface area contributed by atoms with E-state index in [0.717, 1.165) is 24.4 Å². The summed E-state index contributed by atoms with van der Waals surface area (Å²) in [6, 6.07) is 1.99. The van der Waals surface area contributed by atoms with E-state index in [0.29, 0.717) is 5.92 Å². The highest BCUT2D eigenvalue weighted by molar-refractivity contribution is 5.39. The maximum absolute atomic E-state index is 9.55. The van der Waals surface area contributed by atoms with Gasteiger partial charge in [0.2, 0.25) is 0 Å². The molecule has 1 aromatic heterocycles. The number of hydrogen-bond donors (Lipinski definition) is 2. The third-order valence-electron chi connectivity index (χ3n) is 3.54. The zero-order valence-corrected chi connectivity index (χ0v) is 10.6. The Bertz CT molecular complexity index is 373. The summed E-state index contributed by atoms with van der Waals surface area (Å²) in [5.74, 6) is 1.23. The van der Waals surface area contributed by atoms with Gasteiger partial charge in [0, 0.05) is 11.8 Å². The lowest BCUT2D eigenvalue weighted by Crippen LogP contribution is -2.39. The molecule has 0 spiro atoms. The fourth-order valence-electron chi connectivity index (χ4n) is 2.40. The van der Waals surface area contributed by atoms with Gasteiger partial charge in [-0.1, -0.05) is 26.7 Å². The minimum absolute atomic E-state index is 0.164. The Hall–Kier alpha value is -1.16. The molecule has 4 nitrogen and oxygen atoms in total. The van der Waals surface area contributed by atoms with Crippen LogP contribution >= 0.6 is 0 Å². The Balaban J connectivity index is 2.14. The molecule has 1 saturated carbocycles. The number of nitrogens with one attached hydrogen (secondary N) is 1. The summed E-state index contributed by atoms with van der Waals surface area (Å²) in [6.07, 6.45) is 5.98. The molecule has 4 heteroatoms. The van der Waals surface area contributed by atoms with E-state index < -0.39 is 0 Å². The third-order valence-corrected chi connectivity index (χ3v) is 3.54. The normalized spacial score (nSPS) is 18.6. The van der Waals surface area contributed by atoms with Crippen LogP contribution in [0.2, 0.25) is 0 Å². The Kier molecular flexibility index (Phi) is 3.62. The molecule has 0 radical (unpaired) electrons. The van der Waals surface area contributed by atoms with Gasteiger partial charge < -0.3 is 10.4 Å². The van der Waals surface area contributed by atoms with Crippen LogP contribution in [0.1, 0.15) is 51.1 Å². The molecule has 0 bridgehead atoms. The first-order chi connectivity index (χ1) is 8.15. The number of rotatable bonds is 4. The van der Waals surface area contributed by atoms with Crippen molar-refractivity contribution in [3.63, 3.8) is 0 Å². The summed E-state index contributed by atoms with van der Waals surface area (Å²) in [5, 5.41) is 12.9. The average molecular weight is 235 g/mol. The van der Waals surface area contributed by atoms with Crippen LogP contribution in [0, 0.1) is 0 Å². The Morgan fingerprint density at radius 1 is 1.35 bits per heavy atom. The van der Waals surface area contributed by atoms with E-state index in [1.807, 2.05) is 6.07 Å². The van der Waals surface area contributed by atoms with E-state index in [1.54, 1.807) is 6.33 Å². The topological polar surface area (TPSA) is 58.0 Å². The van der Waals surface area contributed by atoms with Crippen molar-refractivity contribution < 1.29 is 5.11 Å². The number of hydrogen-bond acceptors (Lipinski definition) is 4. The van der Waals surface area contributed by atoms with Gasteiger partial charge in [-0.3, -0.25) is 0 Å². The van der Waals surface area contributed by atoms with Gasteiger partial charge in [0.25, 0.3) is 0 Å². The largest absolute Gasteiger partial charge is 0.394 e. The van der Waals surface area contributed by atoms with Crippen molar-refractivity contribution >= 4 is 5.82 Å². The molecular formula is C13H21N3O. The highest BCUT2D eigenvalue weighted by Crippen LogP contribution is 2.32. The molecule has 0 aromatic carbocycles. The standard InChI is InChI=1S/C13H21N3O/c1-10(2)11-7-12(15-9-14-11)16-13(8-17)5-3-4-6-13/h7,9-10,17H,3-6,8H2,1-2H3,(H,14,15,16). The van der Waals surface area contributed by atoms with Gasteiger partial charge in [-0.25, -0.2) is 9.97 Å². The Morgan fingerprint density at radius 2 is 2.06 bits per heavy atom. The molecule has 1 heterocycles. The van der Waals surface area contributed by atoms with Gasteiger partial charge >= 0.3 is 0 Å². The van der Waals surface area contributed by atoms with Crippen LogP contribution in [-0.2, 0) is 0 Å². The van der Waals surface area contributed by atoms with E-state index >= 15 is 0 Å². The first kappa shape index (κ1) is 12.3. The minimum Gasteiger partial charge on any atom is -0.394 e. The first-order valence-electron chi connectivity index (χ1n) is 6.36. The lowest BCUT2D eigenvalue weighted by Gasteiger charge is -2.28. The lowest BCUT2D eigenvalue weighted by atomic mass is 9.99. The summed E-state index contributed by atoms with van der Waals surface area (Å²) >= 11 is 0. The van der Waals surface area contributed by atoms with Crippen LogP contribution in [0.5, 0.6) is 0 Å². The highest BCUT2D eigenvalue weighted by Gasteiger charge is 2.33. The number of nitrogens with zero attached hydrogens (tertiary/aromatic N) is 2. The summed E-state index contributed by atoms with van der Waals surface area (Å²) in [4.78, 5) is 8.49. The Labute approximate surface area is 102 Å². The van der Waals surface area contributed by atoms with Crippen LogP contribution in [0.25, 0.3) is 0 Å². The fraction of sp³-hybridized carbons (Fsp3) is 0.692. The highest BCUT2D eigenvalue weighted by atomic mass is 16.3. The van der Waals surface area contributed by atoms with Crippen LogP contribution in [0.15, 0.2) is 12.4 Å². The number of aliphatic hydroxyl groups excluding tert-OH is 1. The second kappa shape index (κ2) is 5.00. The minimum atomic E-state index is -0.164. The molecule has 1 aromatic rings. The molecule has 1 aliphatic carbocycles. The molecular weight excluding hydrogens is 214 g/mol. The van der Waals surface area contributed by atoms with Gasteiger partial charge in [0.05, 0.1) is 12.1 Å². The lowest BCUT2D eigenvalue weighted by molar-refractivity contribution is 0.214. The number of aromatic nitrogens is 2. The monoisotopic (exact) mass is 235 g/mol. The summed E-state index contributed by atoms with van der Waals surface area (Å²) in [7, 11) is 0. The summed E-state index contributed by atoms with van der Waals surface area (Å²) in [5.41, 5.74) is 0.872. The third kappa shape index (κ3) is 2.75. The van der Waals surface area contributed by atoms with Crippen molar-refractivity contribution in [2.75, 3.05) is 11.9 Å². The van der Waals surface area contributed by atoms with Crippen molar-refractivity contribution in [3.05, 3.63) is 18.1 Å². The van der Waals surface area contributed by atoms with Crippen LogP contribution < -0.4 is 5.32 Å². The smallest absolute Gasteiger partial charge is 0.130 e. The fourth-order valence-corrected chi connectivity index (χ4v) is 2.40. The SMILES string of the molecule is CC(C)c1cc(NC2(CO)CCCC2)ncn1. The summed E-state index contributed by atoms with van der Waals surface area (Å²) in [6.45, 7) is 4.40. The predicted octanol–water partition coefficient (Wildman–Crippen LogP) is 2.32. The van der Waals surface area contributed by atoms with Crippen LogP contribution in [0.3, 0.4) is 0 Å². The number of anilines is 1. The molecule has 0 atom stereocenters. The molecule has 0 aliphatic heterocycles. The molecule has 2 rings (SSSR count). The van der Waals surface area contributed by atoms with E-state index in [2.05, 4.69) is 29.1 Å². The molecule has 0 amide bonds. The molecule has 0 saturated heterocycles. The predicted molar refractivity (Wildman–Crippen MR) is 68.0 cm³/mol. The zero-order valence-electron chi connectivity index (χ0n) is 10.6. The van der Waals surface area contributed by atoms with Crippen molar-refractivity contribution in [1.29, 1.82) is 0 Å². The molecule has 94 valence electrons. The van der Waals surface area contributed by atoms with Gasteiger partial charge in [-0.05, 0) is 18.8 Å². The first-order valence-corrected chi connectivity index (χ1v) is 6.36. The van der Waals surface area contributed by atoms with E-state index in [9.17, 15) is 5.11 Å². The second-order valence-electron chi connectivity index (χ2n) is 5.25. The number of aliphatic hydroxyl groups is 1. The second-order valence-corrected chi connectivity index (χ2v) is 5.25. The summed E-state index contributed by atoms with van der Waals surface area (Å²) < 4.78 is 0. The Morgan fingerprint density at radius 3 is 2.65 bits per heavy atom. The van der Waals surface area contributed by atoms with Gasteiger partial charge in [-0.2, -0.15) is 0 Å². The van der Waals surface area contributed by atoms with E-state index in [4.69, 9.17) is 0 Å². The van der Waals surface area contributed by atoms with Crippen molar-refractivity contribution in [1.82, 2.24) is 9.97 Å². The molecule has 0 unspecified atom stereocenters. The van der Waals surface area contributed by atoms with Crippen LogP contribution in [-0.4, -0.2) is 27.2 Å². The zero-order chi connectivity index (χ0) is 12.3. The van der Waals surface area contributed by atoms with Gasteiger partial charge in [0.1, 0.15) is 12.1 Å².